The van der Waals surface area contributed by atoms with Crippen LogP contribution in [-0.4, -0.2) is 21.0 Å². The lowest BCUT2D eigenvalue weighted by atomic mass is 9.87. The SMILES string of the molecule is CCCNC1CCc2c(cccc2NS(=O)(=O)c2ccc(C(C)C)cc2)C1. The van der Waals surface area contributed by atoms with Crippen LogP contribution in [-0.2, 0) is 22.9 Å². The molecule has 0 heterocycles. The molecule has 0 bridgehead atoms. The standard InChI is InChI=1S/C22H30N2O2S/c1-4-14-23-19-10-13-21-18(15-19)6-5-7-22(21)24-27(25,26)20-11-8-17(9-12-20)16(2)3/h5-9,11-12,16,19,23-24H,4,10,13-15H2,1-3H3. The van der Waals surface area contributed by atoms with E-state index in [-0.39, 0.29) is 0 Å². The third-order valence-electron chi connectivity index (χ3n) is 5.27. The van der Waals surface area contributed by atoms with Crippen molar-refractivity contribution in [2.24, 2.45) is 0 Å². The van der Waals surface area contributed by atoms with Crippen LogP contribution in [0, 0.1) is 0 Å². The summed E-state index contributed by atoms with van der Waals surface area (Å²) in [5.74, 6) is 0.380. The molecule has 1 aliphatic rings. The largest absolute Gasteiger partial charge is 0.314 e. The molecule has 2 N–H and O–H groups in total. The van der Waals surface area contributed by atoms with Gasteiger partial charge in [-0.2, -0.15) is 0 Å². The highest BCUT2D eigenvalue weighted by Crippen LogP contribution is 2.30. The number of rotatable bonds is 7. The first-order chi connectivity index (χ1) is 12.9. The van der Waals surface area contributed by atoms with Gasteiger partial charge in [-0.1, -0.05) is 45.0 Å². The van der Waals surface area contributed by atoms with Gasteiger partial charge in [0.1, 0.15) is 0 Å². The Balaban J connectivity index is 1.80. The van der Waals surface area contributed by atoms with E-state index in [1.807, 2.05) is 24.3 Å². The monoisotopic (exact) mass is 386 g/mol. The third kappa shape index (κ3) is 4.71. The molecule has 3 rings (SSSR count). The molecule has 2 aromatic rings. The van der Waals surface area contributed by atoms with E-state index in [0.717, 1.165) is 49.0 Å². The van der Waals surface area contributed by atoms with Crippen molar-refractivity contribution in [2.45, 2.75) is 63.3 Å². The maximum absolute atomic E-state index is 12.9. The maximum Gasteiger partial charge on any atom is 0.261 e. The predicted octanol–water partition coefficient (Wildman–Crippen LogP) is 4.47. The molecule has 0 aromatic heterocycles. The number of fused-ring (bicyclic) bond motifs is 1. The Morgan fingerprint density at radius 1 is 1.11 bits per heavy atom. The van der Waals surface area contributed by atoms with Gasteiger partial charge in [0, 0.05) is 6.04 Å². The van der Waals surface area contributed by atoms with E-state index in [9.17, 15) is 8.42 Å². The van der Waals surface area contributed by atoms with Crippen LogP contribution in [0.2, 0.25) is 0 Å². The molecular formula is C22H30N2O2S. The number of hydrogen-bond acceptors (Lipinski definition) is 3. The van der Waals surface area contributed by atoms with Crippen LogP contribution < -0.4 is 10.0 Å². The zero-order chi connectivity index (χ0) is 19.4. The first-order valence-electron chi connectivity index (χ1n) is 9.87. The summed E-state index contributed by atoms with van der Waals surface area (Å²) >= 11 is 0. The number of hydrogen-bond donors (Lipinski definition) is 2. The normalized spacial score (nSPS) is 17.0. The molecule has 1 aliphatic carbocycles. The first-order valence-corrected chi connectivity index (χ1v) is 11.4. The van der Waals surface area contributed by atoms with Gasteiger partial charge in [0.15, 0.2) is 0 Å². The molecule has 0 radical (unpaired) electrons. The molecule has 0 fully saturated rings. The predicted molar refractivity (Wildman–Crippen MR) is 112 cm³/mol. The Kier molecular flexibility index (Phi) is 6.22. The molecule has 5 heteroatoms. The second-order valence-corrected chi connectivity index (χ2v) is 9.35. The van der Waals surface area contributed by atoms with Gasteiger partial charge in [0.25, 0.3) is 10.0 Å². The van der Waals surface area contributed by atoms with Crippen LogP contribution in [0.3, 0.4) is 0 Å². The summed E-state index contributed by atoms with van der Waals surface area (Å²) in [6, 6.07) is 13.6. The topological polar surface area (TPSA) is 58.2 Å². The Bertz CT molecular complexity index is 874. The van der Waals surface area contributed by atoms with Crippen molar-refractivity contribution in [3.63, 3.8) is 0 Å². The number of nitrogens with one attached hydrogen (secondary N) is 2. The van der Waals surface area contributed by atoms with Crippen molar-refractivity contribution in [2.75, 3.05) is 11.3 Å². The summed E-state index contributed by atoms with van der Waals surface area (Å²) in [5, 5.41) is 3.58. The van der Waals surface area contributed by atoms with E-state index in [1.54, 1.807) is 12.1 Å². The van der Waals surface area contributed by atoms with Gasteiger partial charge in [0.05, 0.1) is 10.6 Å². The maximum atomic E-state index is 12.9. The van der Waals surface area contributed by atoms with Crippen LogP contribution in [0.25, 0.3) is 0 Å². The minimum Gasteiger partial charge on any atom is -0.314 e. The molecule has 27 heavy (non-hydrogen) atoms. The van der Waals surface area contributed by atoms with Crippen molar-refractivity contribution in [1.82, 2.24) is 5.32 Å². The summed E-state index contributed by atoms with van der Waals surface area (Å²) in [4.78, 5) is 0.308. The zero-order valence-electron chi connectivity index (χ0n) is 16.5. The van der Waals surface area contributed by atoms with Crippen LogP contribution in [0.5, 0.6) is 0 Å². The van der Waals surface area contributed by atoms with Crippen LogP contribution in [0.1, 0.15) is 56.2 Å². The highest BCUT2D eigenvalue weighted by atomic mass is 32.2. The minimum atomic E-state index is -3.58. The lowest BCUT2D eigenvalue weighted by Crippen LogP contribution is -2.35. The summed E-state index contributed by atoms with van der Waals surface area (Å²) in [6.45, 7) is 7.39. The average Bonchev–Trinajstić information content (AvgIpc) is 2.66. The highest BCUT2D eigenvalue weighted by Gasteiger charge is 2.23. The van der Waals surface area contributed by atoms with Gasteiger partial charge in [-0.05, 0) is 73.0 Å². The van der Waals surface area contributed by atoms with Crippen molar-refractivity contribution in [3.8, 4) is 0 Å². The summed E-state index contributed by atoms with van der Waals surface area (Å²) in [7, 11) is -3.58. The molecular weight excluding hydrogens is 356 g/mol. The fraction of sp³-hybridized carbons (Fsp3) is 0.455. The van der Waals surface area contributed by atoms with Crippen LogP contribution in [0.4, 0.5) is 5.69 Å². The van der Waals surface area contributed by atoms with E-state index < -0.39 is 10.0 Å². The molecule has 2 aromatic carbocycles. The molecule has 0 amide bonds. The molecule has 1 atom stereocenters. The molecule has 4 nitrogen and oxygen atoms in total. The Hall–Kier alpha value is -1.85. The first kappa shape index (κ1) is 19.9. The van der Waals surface area contributed by atoms with E-state index in [0.29, 0.717) is 16.9 Å². The Labute approximate surface area is 163 Å². The van der Waals surface area contributed by atoms with Crippen molar-refractivity contribution in [3.05, 3.63) is 59.2 Å². The van der Waals surface area contributed by atoms with Crippen molar-refractivity contribution >= 4 is 15.7 Å². The average molecular weight is 387 g/mol. The molecule has 1 unspecified atom stereocenters. The van der Waals surface area contributed by atoms with Crippen molar-refractivity contribution < 1.29 is 8.42 Å². The van der Waals surface area contributed by atoms with E-state index in [4.69, 9.17) is 0 Å². The number of anilines is 1. The van der Waals surface area contributed by atoms with Gasteiger partial charge in [-0.15, -0.1) is 0 Å². The van der Waals surface area contributed by atoms with Gasteiger partial charge >= 0.3 is 0 Å². The molecule has 0 saturated heterocycles. The van der Waals surface area contributed by atoms with Crippen molar-refractivity contribution in [1.29, 1.82) is 0 Å². The van der Waals surface area contributed by atoms with Gasteiger partial charge in [0.2, 0.25) is 0 Å². The fourth-order valence-electron chi connectivity index (χ4n) is 3.66. The van der Waals surface area contributed by atoms with Gasteiger partial charge < -0.3 is 5.32 Å². The Morgan fingerprint density at radius 2 is 1.85 bits per heavy atom. The highest BCUT2D eigenvalue weighted by molar-refractivity contribution is 7.92. The Morgan fingerprint density at radius 3 is 2.52 bits per heavy atom. The second kappa shape index (κ2) is 8.44. The minimum absolute atomic E-state index is 0.308. The van der Waals surface area contributed by atoms with Gasteiger partial charge in [-0.3, -0.25) is 4.72 Å². The lowest BCUT2D eigenvalue weighted by Gasteiger charge is -2.27. The quantitative estimate of drug-likeness (QED) is 0.738. The van der Waals surface area contributed by atoms with E-state index in [1.165, 1.54) is 5.56 Å². The van der Waals surface area contributed by atoms with E-state index in [2.05, 4.69) is 36.9 Å². The zero-order valence-corrected chi connectivity index (χ0v) is 17.3. The van der Waals surface area contributed by atoms with Crippen LogP contribution >= 0.6 is 0 Å². The third-order valence-corrected chi connectivity index (χ3v) is 6.65. The fourth-order valence-corrected chi connectivity index (χ4v) is 4.75. The number of sulfonamides is 1. The molecule has 0 saturated carbocycles. The van der Waals surface area contributed by atoms with E-state index >= 15 is 0 Å². The summed E-state index contributed by atoms with van der Waals surface area (Å²) in [6.07, 6.45) is 4.00. The molecule has 0 aliphatic heterocycles. The summed E-state index contributed by atoms with van der Waals surface area (Å²) in [5.41, 5.74) is 4.23. The molecule has 0 spiro atoms. The number of benzene rings is 2. The van der Waals surface area contributed by atoms with Gasteiger partial charge in [-0.25, -0.2) is 8.42 Å². The second-order valence-electron chi connectivity index (χ2n) is 7.67. The summed E-state index contributed by atoms with van der Waals surface area (Å²) < 4.78 is 28.5. The molecule has 146 valence electrons. The lowest BCUT2D eigenvalue weighted by molar-refractivity contribution is 0.459. The van der Waals surface area contributed by atoms with Crippen LogP contribution in [0.15, 0.2) is 47.4 Å². The smallest absolute Gasteiger partial charge is 0.261 e.